The van der Waals surface area contributed by atoms with Crippen LogP contribution in [0, 0.1) is 13.8 Å². The zero-order chi connectivity index (χ0) is 16.7. The van der Waals surface area contributed by atoms with Gasteiger partial charge in [0.25, 0.3) is 0 Å². The van der Waals surface area contributed by atoms with Gasteiger partial charge in [-0.25, -0.2) is 4.98 Å². The Morgan fingerprint density at radius 1 is 1.36 bits per heavy atom. The van der Waals surface area contributed by atoms with Gasteiger partial charge in [0.2, 0.25) is 5.91 Å². The molecule has 4 nitrogen and oxygen atoms in total. The van der Waals surface area contributed by atoms with E-state index in [-0.39, 0.29) is 5.91 Å². The minimum absolute atomic E-state index is 0.149. The smallest absolute Gasteiger partial charge is 0.233 e. The number of likely N-dealkylation sites (N-methyl/N-ethyl adjacent to an activating group) is 1. The Bertz CT molecular complexity index is 522. The molecule has 1 amide bonds. The van der Waals surface area contributed by atoms with Crippen LogP contribution >= 0.6 is 11.8 Å². The van der Waals surface area contributed by atoms with Crippen molar-refractivity contribution in [3.05, 3.63) is 23.5 Å². The Hall–Kier alpha value is -1.23. The largest absolute Gasteiger partial charge is 0.338 e. The maximum atomic E-state index is 12.3. The van der Waals surface area contributed by atoms with Gasteiger partial charge in [0.15, 0.2) is 5.16 Å². The van der Waals surface area contributed by atoms with Crippen molar-refractivity contribution >= 4 is 17.7 Å². The van der Waals surface area contributed by atoms with E-state index in [4.69, 9.17) is 0 Å². The number of imidazole rings is 1. The van der Waals surface area contributed by atoms with Gasteiger partial charge in [0.05, 0.1) is 11.4 Å². The second-order valence-corrected chi connectivity index (χ2v) is 6.67. The summed E-state index contributed by atoms with van der Waals surface area (Å²) in [5.41, 5.74) is 3.27. The highest BCUT2D eigenvalue weighted by molar-refractivity contribution is 7.99. The molecule has 1 rings (SSSR count). The number of carbonyl (C=O) groups is 1. The Balaban J connectivity index is 2.72. The standard InChI is InChI=1S/C17H29N3OS/c1-7-9-10-20-15(6)14(5)18-17(20)22-12-16(21)19(8-2)11-13(3)4/h3,7-12H2,1-2,4-6H3. The van der Waals surface area contributed by atoms with Crippen molar-refractivity contribution in [1.29, 1.82) is 0 Å². The maximum Gasteiger partial charge on any atom is 0.233 e. The van der Waals surface area contributed by atoms with E-state index in [9.17, 15) is 4.79 Å². The summed E-state index contributed by atoms with van der Waals surface area (Å²) in [7, 11) is 0. The summed E-state index contributed by atoms with van der Waals surface area (Å²) in [5.74, 6) is 0.583. The van der Waals surface area contributed by atoms with E-state index in [0.717, 1.165) is 35.8 Å². The zero-order valence-corrected chi connectivity index (χ0v) is 15.4. The van der Waals surface area contributed by atoms with Gasteiger partial charge in [-0.1, -0.05) is 37.3 Å². The first-order valence-corrected chi connectivity index (χ1v) is 8.97. The number of hydrogen-bond acceptors (Lipinski definition) is 3. The van der Waals surface area contributed by atoms with Gasteiger partial charge < -0.3 is 9.47 Å². The van der Waals surface area contributed by atoms with Crippen LogP contribution in [0.25, 0.3) is 0 Å². The second kappa shape index (κ2) is 9.03. The van der Waals surface area contributed by atoms with Gasteiger partial charge in [0.1, 0.15) is 0 Å². The van der Waals surface area contributed by atoms with E-state index >= 15 is 0 Å². The van der Waals surface area contributed by atoms with Crippen molar-refractivity contribution in [3.63, 3.8) is 0 Å². The number of amides is 1. The van der Waals surface area contributed by atoms with Crippen LogP contribution in [0.1, 0.15) is 45.0 Å². The number of carbonyl (C=O) groups excluding carboxylic acids is 1. The van der Waals surface area contributed by atoms with E-state index in [1.165, 1.54) is 5.69 Å². The number of hydrogen-bond donors (Lipinski definition) is 0. The van der Waals surface area contributed by atoms with Crippen molar-refractivity contribution in [1.82, 2.24) is 14.5 Å². The van der Waals surface area contributed by atoms with Gasteiger partial charge in [-0.05, 0) is 34.1 Å². The number of rotatable bonds is 9. The summed E-state index contributed by atoms with van der Waals surface area (Å²) in [6.07, 6.45) is 2.29. The second-order valence-electron chi connectivity index (χ2n) is 5.72. The van der Waals surface area contributed by atoms with Crippen LogP contribution in [0.15, 0.2) is 17.3 Å². The zero-order valence-electron chi connectivity index (χ0n) is 14.6. The molecule has 1 aromatic heterocycles. The molecule has 22 heavy (non-hydrogen) atoms. The van der Waals surface area contributed by atoms with E-state index < -0.39 is 0 Å². The van der Waals surface area contributed by atoms with Crippen LogP contribution in [0.2, 0.25) is 0 Å². The fourth-order valence-corrected chi connectivity index (χ4v) is 3.25. The van der Waals surface area contributed by atoms with Crippen LogP contribution in [-0.4, -0.2) is 39.2 Å². The van der Waals surface area contributed by atoms with Crippen LogP contribution in [0.4, 0.5) is 0 Å². The van der Waals surface area contributed by atoms with Crippen LogP contribution in [-0.2, 0) is 11.3 Å². The number of aryl methyl sites for hydroxylation is 1. The summed E-state index contributed by atoms with van der Waals surface area (Å²) in [4.78, 5) is 18.8. The molecular weight excluding hydrogens is 294 g/mol. The summed E-state index contributed by atoms with van der Waals surface area (Å²) < 4.78 is 2.24. The monoisotopic (exact) mass is 323 g/mol. The Labute approximate surface area is 139 Å². The Morgan fingerprint density at radius 2 is 2.05 bits per heavy atom. The van der Waals surface area contributed by atoms with E-state index in [0.29, 0.717) is 18.8 Å². The number of unbranched alkanes of at least 4 members (excludes halogenated alkanes) is 1. The maximum absolute atomic E-state index is 12.3. The molecule has 0 aliphatic carbocycles. The molecule has 0 fully saturated rings. The predicted molar refractivity (Wildman–Crippen MR) is 94.4 cm³/mol. The van der Waals surface area contributed by atoms with Crippen molar-refractivity contribution in [2.24, 2.45) is 0 Å². The number of thioether (sulfide) groups is 1. The molecule has 0 aliphatic rings. The van der Waals surface area contributed by atoms with Crippen LogP contribution in [0.3, 0.4) is 0 Å². The molecular formula is C17H29N3OS. The Kier molecular flexibility index (Phi) is 7.73. The third-order valence-corrected chi connectivity index (χ3v) is 4.64. The van der Waals surface area contributed by atoms with E-state index in [2.05, 4.69) is 30.0 Å². The molecule has 0 aromatic carbocycles. The molecule has 0 atom stereocenters. The number of aromatic nitrogens is 2. The van der Waals surface area contributed by atoms with Crippen molar-refractivity contribution in [2.45, 2.75) is 59.2 Å². The lowest BCUT2D eigenvalue weighted by molar-refractivity contribution is -0.127. The quantitative estimate of drug-likeness (QED) is 0.512. The molecule has 124 valence electrons. The number of nitrogens with zero attached hydrogens (tertiary/aromatic N) is 3. The highest BCUT2D eigenvalue weighted by Crippen LogP contribution is 2.22. The van der Waals surface area contributed by atoms with Crippen molar-refractivity contribution in [3.8, 4) is 0 Å². The molecule has 0 saturated heterocycles. The minimum Gasteiger partial charge on any atom is -0.338 e. The molecule has 0 spiro atoms. The van der Waals surface area contributed by atoms with Gasteiger partial charge >= 0.3 is 0 Å². The van der Waals surface area contributed by atoms with Gasteiger partial charge in [0, 0.05) is 25.3 Å². The molecule has 0 radical (unpaired) electrons. The normalized spacial score (nSPS) is 10.8. The first-order valence-electron chi connectivity index (χ1n) is 7.99. The first-order chi connectivity index (χ1) is 10.4. The summed E-state index contributed by atoms with van der Waals surface area (Å²) in [6, 6.07) is 0. The third kappa shape index (κ3) is 5.20. The topological polar surface area (TPSA) is 38.1 Å². The average Bonchev–Trinajstić information content (AvgIpc) is 2.74. The molecule has 0 unspecified atom stereocenters. The average molecular weight is 324 g/mol. The summed E-state index contributed by atoms with van der Waals surface area (Å²) in [6.45, 7) is 16.5. The fourth-order valence-electron chi connectivity index (χ4n) is 2.23. The van der Waals surface area contributed by atoms with Gasteiger partial charge in [-0.15, -0.1) is 0 Å². The van der Waals surface area contributed by atoms with Gasteiger partial charge in [-0.2, -0.15) is 0 Å². The molecule has 5 heteroatoms. The molecule has 0 aliphatic heterocycles. The lowest BCUT2D eigenvalue weighted by Crippen LogP contribution is -2.33. The SMILES string of the molecule is C=C(C)CN(CC)C(=O)CSc1nc(C)c(C)n1CCCC. The van der Waals surface area contributed by atoms with E-state index in [1.54, 1.807) is 11.8 Å². The minimum atomic E-state index is 0.149. The highest BCUT2D eigenvalue weighted by Gasteiger charge is 2.16. The van der Waals surface area contributed by atoms with Crippen molar-refractivity contribution in [2.75, 3.05) is 18.8 Å². The molecule has 1 aromatic rings. The summed E-state index contributed by atoms with van der Waals surface area (Å²) in [5, 5.41) is 0.961. The summed E-state index contributed by atoms with van der Waals surface area (Å²) >= 11 is 1.54. The van der Waals surface area contributed by atoms with Crippen LogP contribution in [0.5, 0.6) is 0 Å². The molecule has 1 heterocycles. The lowest BCUT2D eigenvalue weighted by atomic mass is 10.3. The third-order valence-electron chi connectivity index (χ3n) is 3.68. The lowest BCUT2D eigenvalue weighted by Gasteiger charge is -2.20. The first kappa shape index (κ1) is 18.8. The molecule has 0 N–H and O–H groups in total. The molecule has 0 saturated carbocycles. The highest BCUT2D eigenvalue weighted by atomic mass is 32.2. The molecule has 0 bridgehead atoms. The van der Waals surface area contributed by atoms with Crippen molar-refractivity contribution < 1.29 is 4.79 Å². The predicted octanol–water partition coefficient (Wildman–Crippen LogP) is 3.82. The fraction of sp³-hybridized carbons (Fsp3) is 0.647. The van der Waals surface area contributed by atoms with E-state index in [1.807, 2.05) is 25.7 Å². The van der Waals surface area contributed by atoms with Crippen LogP contribution < -0.4 is 0 Å². The Morgan fingerprint density at radius 3 is 2.59 bits per heavy atom. The van der Waals surface area contributed by atoms with Gasteiger partial charge in [-0.3, -0.25) is 4.79 Å².